The fourth-order valence-corrected chi connectivity index (χ4v) is 3.81. The number of phenolic OH excluding ortho intramolecular Hbond substituents is 1. The summed E-state index contributed by atoms with van der Waals surface area (Å²) >= 11 is 0. The van der Waals surface area contributed by atoms with E-state index in [1.54, 1.807) is 12.1 Å². The lowest BCUT2D eigenvalue weighted by Crippen LogP contribution is -2.24. The van der Waals surface area contributed by atoms with E-state index < -0.39 is 15.7 Å². The van der Waals surface area contributed by atoms with Gasteiger partial charge in [0.1, 0.15) is 5.75 Å². The third kappa shape index (κ3) is 4.29. The molecule has 1 aromatic heterocycles. The molecule has 0 fully saturated rings. The molecule has 0 saturated heterocycles. The molecular formula is C20H21N3O5S. The number of anilines is 1. The molecule has 8 nitrogen and oxygen atoms in total. The van der Waals surface area contributed by atoms with E-state index in [1.165, 1.54) is 36.0 Å². The van der Waals surface area contributed by atoms with Crippen LogP contribution in [0.3, 0.4) is 0 Å². The molecule has 0 atom stereocenters. The van der Waals surface area contributed by atoms with Gasteiger partial charge in [0.25, 0.3) is 5.56 Å². The summed E-state index contributed by atoms with van der Waals surface area (Å²) in [5.41, 5.74) is 1.27. The first-order valence-corrected chi connectivity index (χ1v) is 10.7. The third-order valence-electron chi connectivity index (χ3n) is 4.62. The predicted octanol–water partition coefficient (Wildman–Crippen LogP) is 2.23. The maximum atomic E-state index is 12.6. The lowest BCUT2D eigenvalue weighted by atomic mass is 10.1. The fourth-order valence-electron chi connectivity index (χ4n) is 2.91. The number of benzene rings is 2. The van der Waals surface area contributed by atoms with Crippen LogP contribution < -0.4 is 10.9 Å². The standard InChI is InChI=1S/C20H21N3O5S/c1-3-29(27,28)14-7-8-17(24)16(11-14)22-18(25)9-10-23-12-21-19-13(2)5-4-6-15(19)20(23)26/h4-8,11-12,24H,3,9-10H2,1-2H3,(H,22,25). The van der Waals surface area contributed by atoms with Crippen molar-refractivity contribution in [2.24, 2.45) is 0 Å². The number of hydrogen-bond acceptors (Lipinski definition) is 6. The van der Waals surface area contributed by atoms with Crippen molar-refractivity contribution in [2.75, 3.05) is 11.1 Å². The number of amides is 1. The van der Waals surface area contributed by atoms with Gasteiger partial charge < -0.3 is 10.4 Å². The highest BCUT2D eigenvalue weighted by atomic mass is 32.2. The van der Waals surface area contributed by atoms with E-state index in [2.05, 4.69) is 10.3 Å². The molecule has 0 aliphatic carbocycles. The van der Waals surface area contributed by atoms with Gasteiger partial charge in [-0.05, 0) is 36.8 Å². The van der Waals surface area contributed by atoms with Crippen LogP contribution in [-0.4, -0.2) is 34.7 Å². The highest BCUT2D eigenvalue weighted by Crippen LogP contribution is 2.27. The van der Waals surface area contributed by atoms with Gasteiger partial charge in [-0.15, -0.1) is 0 Å². The van der Waals surface area contributed by atoms with Gasteiger partial charge in [0.2, 0.25) is 5.91 Å². The summed E-state index contributed by atoms with van der Waals surface area (Å²) in [6.45, 7) is 3.47. The number of aryl methyl sites for hydroxylation is 2. The van der Waals surface area contributed by atoms with Crippen molar-refractivity contribution >= 4 is 32.3 Å². The predicted molar refractivity (Wildman–Crippen MR) is 110 cm³/mol. The zero-order valence-corrected chi connectivity index (χ0v) is 16.9. The number of sulfone groups is 1. The number of carbonyl (C=O) groups is 1. The van der Waals surface area contributed by atoms with Gasteiger partial charge >= 0.3 is 0 Å². The molecule has 9 heteroatoms. The minimum atomic E-state index is -3.47. The molecule has 0 spiro atoms. The molecule has 1 heterocycles. The van der Waals surface area contributed by atoms with E-state index in [1.807, 2.05) is 13.0 Å². The normalized spacial score (nSPS) is 11.5. The SMILES string of the molecule is CCS(=O)(=O)c1ccc(O)c(NC(=O)CCn2cnc3c(C)cccc3c2=O)c1. The monoisotopic (exact) mass is 415 g/mol. The number of fused-ring (bicyclic) bond motifs is 1. The highest BCUT2D eigenvalue weighted by molar-refractivity contribution is 7.91. The Balaban J connectivity index is 1.76. The molecule has 3 aromatic rings. The van der Waals surface area contributed by atoms with Crippen molar-refractivity contribution in [2.45, 2.75) is 31.7 Å². The molecule has 3 rings (SSSR count). The summed E-state index contributed by atoms with van der Waals surface area (Å²) < 4.78 is 25.3. The number of phenols is 1. The first-order chi connectivity index (χ1) is 13.7. The summed E-state index contributed by atoms with van der Waals surface area (Å²) in [5, 5.41) is 12.9. The van der Waals surface area contributed by atoms with E-state index >= 15 is 0 Å². The van der Waals surface area contributed by atoms with Crippen LogP contribution in [0, 0.1) is 6.92 Å². The summed E-state index contributed by atoms with van der Waals surface area (Å²) in [6.07, 6.45) is 1.35. The largest absolute Gasteiger partial charge is 0.506 e. The summed E-state index contributed by atoms with van der Waals surface area (Å²) in [4.78, 5) is 29.2. The minimum absolute atomic E-state index is 0.00383. The zero-order valence-electron chi connectivity index (χ0n) is 16.0. The van der Waals surface area contributed by atoms with Crippen LogP contribution in [-0.2, 0) is 21.2 Å². The number of hydrogen-bond donors (Lipinski definition) is 2. The molecule has 0 aliphatic heterocycles. The van der Waals surface area contributed by atoms with Gasteiger partial charge in [0.05, 0.1) is 33.6 Å². The molecule has 0 unspecified atom stereocenters. The Morgan fingerprint density at radius 1 is 1.24 bits per heavy atom. The fraction of sp³-hybridized carbons (Fsp3) is 0.250. The number of para-hydroxylation sites is 1. The molecule has 0 radical (unpaired) electrons. The van der Waals surface area contributed by atoms with Crippen LogP contribution in [0.15, 0.2) is 52.4 Å². The number of rotatable bonds is 6. The van der Waals surface area contributed by atoms with Gasteiger partial charge in [0.15, 0.2) is 9.84 Å². The quantitative estimate of drug-likeness (QED) is 0.596. The molecule has 0 aliphatic rings. The van der Waals surface area contributed by atoms with Crippen molar-refractivity contribution in [1.29, 1.82) is 0 Å². The number of aromatic hydroxyl groups is 1. The first-order valence-electron chi connectivity index (χ1n) is 9.03. The Labute approximate surface area is 167 Å². The Kier molecular flexibility index (Phi) is 5.69. The van der Waals surface area contributed by atoms with Crippen LogP contribution in [0.2, 0.25) is 0 Å². The highest BCUT2D eigenvalue weighted by Gasteiger charge is 2.15. The van der Waals surface area contributed by atoms with Gasteiger partial charge in [-0.1, -0.05) is 19.1 Å². The van der Waals surface area contributed by atoms with Crippen LogP contribution >= 0.6 is 0 Å². The Bertz CT molecular complexity index is 1250. The Morgan fingerprint density at radius 3 is 2.72 bits per heavy atom. The minimum Gasteiger partial charge on any atom is -0.506 e. The summed E-state index contributed by atoms with van der Waals surface area (Å²) in [7, 11) is -3.47. The lowest BCUT2D eigenvalue weighted by molar-refractivity contribution is -0.116. The lowest BCUT2D eigenvalue weighted by Gasteiger charge is -2.11. The van der Waals surface area contributed by atoms with E-state index in [4.69, 9.17) is 0 Å². The molecule has 2 N–H and O–H groups in total. The zero-order chi connectivity index (χ0) is 21.2. The van der Waals surface area contributed by atoms with Crippen LogP contribution in [0.1, 0.15) is 18.9 Å². The molecule has 0 bridgehead atoms. The van der Waals surface area contributed by atoms with E-state index in [0.717, 1.165) is 5.56 Å². The molecule has 0 saturated carbocycles. The number of carbonyl (C=O) groups excluding carboxylic acids is 1. The van der Waals surface area contributed by atoms with Gasteiger partial charge in [-0.3, -0.25) is 14.2 Å². The van der Waals surface area contributed by atoms with Gasteiger partial charge in [-0.25, -0.2) is 13.4 Å². The Hall–Kier alpha value is -3.20. The van der Waals surface area contributed by atoms with E-state index in [0.29, 0.717) is 10.9 Å². The summed E-state index contributed by atoms with van der Waals surface area (Å²) in [5.74, 6) is -0.807. The third-order valence-corrected chi connectivity index (χ3v) is 6.35. The molecule has 29 heavy (non-hydrogen) atoms. The van der Waals surface area contributed by atoms with Crippen molar-refractivity contribution in [3.63, 3.8) is 0 Å². The number of nitrogens with zero attached hydrogens (tertiary/aromatic N) is 2. The number of nitrogens with one attached hydrogen (secondary N) is 1. The molecule has 1 amide bonds. The van der Waals surface area contributed by atoms with Gasteiger partial charge in [0, 0.05) is 13.0 Å². The van der Waals surface area contributed by atoms with Gasteiger partial charge in [-0.2, -0.15) is 0 Å². The topological polar surface area (TPSA) is 118 Å². The Morgan fingerprint density at radius 2 is 2.00 bits per heavy atom. The van der Waals surface area contributed by atoms with Crippen molar-refractivity contribution in [3.8, 4) is 5.75 Å². The maximum Gasteiger partial charge on any atom is 0.261 e. The average molecular weight is 415 g/mol. The molecule has 2 aromatic carbocycles. The first kappa shape index (κ1) is 20.5. The van der Waals surface area contributed by atoms with Crippen LogP contribution in [0.4, 0.5) is 5.69 Å². The van der Waals surface area contributed by atoms with Crippen LogP contribution in [0.5, 0.6) is 5.75 Å². The van der Waals surface area contributed by atoms with Crippen LogP contribution in [0.25, 0.3) is 10.9 Å². The van der Waals surface area contributed by atoms with Crippen molar-refractivity contribution in [1.82, 2.24) is 9.55 Å². The van der Waals surface area contributed by atoms with E-state index in [-0.39, 0.29) is 40.6 Å². The van der Waals surface area contributed by atoms with E-state index in [9.17, 15) is 23.1 Å². The van der Waals surface area contributed by atoms with Crippen molar-refractivity contribution in [3.05, 3.63) is 58.6 Å². The van der Waals surface area contributed by atoms with Crippen molar-refractivity contribution < 1.29 is 18.3 Å². The second-order valence-electron chi connectivity index (χ2n) is 6.59. The maximum absolute atomic E-state index is 12.6. The number of aromatic nitrogens is 2. The second kappa shape index (κ2) is 8.04. The molecule has 152 valence electrons. The smallest absolute Gasteiger partial charge is 0.261 e. The average Bonchev–Trinajstić information content (AvgIpc) is 2.69. The molecular weight excluding hydrogens is 394 g/mol. The summed E-state index contributed by atoms with van der Waals surface area (Å²) in [6, 6.07) is 9.05. The second-order valence-corrected chi connectivity index (χ2v) is 8.87.